The monoisotopic (exact) mass is 493 g/mol. The zero-order chi connectivity index (χ0) is 23.6. The van der Waals surface area contributed by atoms with Gasteiger partial charge in [0, 0.05) is 41.4 Å². The fourth-order valence-electron chi connectivity index (χ4n) is 3.76. The molecule has 0 spiro atoms. The number of ketones is 1. The molecule has 1 unspecified atom stereocenters. The van der Waals surface area contributed by atoms with Crippen molar-refractivity contribution in [3.8, 4) is 11.8 Å². The predicted octanol–water partition coefficient (Wildman–Crippen LogP) is 5.80. The molecule has 0 radical (unpaired) electrons. The minimum absolute atomic E-state index is 0.119. The van der Waals surface area contributed by atoms with E-state index in [-0.39, 0.29) is 43.9 Å². The van der Waals surface area contributed by atoms with E-state index in [1.54, 1.807) is 17.0 Å². The van der Waals surface area contributed by atoms with Crippen LogP contribution in [0.15, 0.2) is 28.8 Å². The van der Waals surface area contributed by atoms with Gasteiger partial charge in [0.15, 0.2) is 0 Å². The van der Waals surface area contributed by atoms with Gasteiger partial charge in [0.05, 0.1) is 15.8 Å². The van der Waals surface area contributed by atoms with Crippen LogP contribution in [0.2, 0.25) is 10.0 Å². The highest BCUT2D eigenvalue weighted by Gasteiger charge is 2.39. The quantitative estimate of drug-likeness (QED) is 0.536. The Morgan fingerprint density at radius 2 is 1.84 bits per heavy atom. The molecule has 1 aromatic rings. The molecule has 0 bridgehead atoms. The number of hydrogen-bond acceptors (Lipinski definition) is 4. The number of Topliss-reactive ketones (excluding diaryl/α,β-unsaturated/α-hetero) is 1. The first-order chi connectivity index (χ1) is 15.0. The molecular weight excluding hydrogens is 469 g/mol. The summed E-state index contributed by atoms with van der Waals surface area (Å²) < 4.78 is 0. The van der Waals surface area contributed by atoms with Gasteiger partial charge in [0.25, 0.3) is 5.91 Å². The second-order valence-corrected chi connectivity index (χ2v) is 11.0. The topological polar surface area (TPSA) is 74.7 Å². The van der Waals surface area contributed by atoms with E-state index >= 15 is 0 Å². The van der Waals surface area contributed by atoms with Crippen molar-refractivity contribution in [2.24, 2.45) is 5.41 Å². The van der Waals surface area contributed by atoms with Crippen molar-refractivity contribution in [2.45, 2.75) is 64.2 Å². The Hall–Kier alpha value is -1.94. The molecule has 32 heavy (non-hydrogen) atoms. The molecule has 8 heteroatoms. The molecule has 1 aromatic carbocycles. The average molecular weight is 494 g/mol. The summed E-state index contributed by atoms with van der Waals surface area (Å²) in [5.41, 5.74) is 0.466. The molecule has 1 fully saturated rings. The maximum Gasteiger partial charge on any atom is 0.344 e. The average Bonchev–Trinajstić information content (AvgIpc) is 3.12. The number of allylic oxidation sites excluding steroid dienone is 1. The molecule has 1 aliphatic carbocycles. The number of carbonyl (C=O) groups is 3. The zero-order valence-electron chi connectivity index (χ0n) is 18.2. The fraction of sp³-hybridized carbons (Fsp3) is 0.458. The van der Waals surface area contributed by atoms with Crippen molar-refractivity contribution < 1.29 is 19.5 Å². The van der Waals surface area contributed by atoms with Crippen molar-refractivity contribution >= 4 is 52.6 Å². The largest absolute Gasteiger partial charge is 0.477 e. The second kappa shape index (κ2) is 9.91. The van der Waals surface area contributed by atoms with E-state index in [2.05, 4.69) is 11.8 Å². The molecule has 1 saturated carbocycles. The summed E-state index contributed by atoms with van der Waals surface area (Å²) in [6.45, 7) is 5.97. The van der Waals surface area contributed by atoms with Crippen molar-refractivity contribution in [1.82, 2.24) is 4.90 Å². The van der Waals surface area contributed by atoms with E-state index in [4.69, 9.17) is 23.2 Å². The lowest BCUT2D eigenvalue weighted by molar-refractivity contribution is -0.132. The SMILES string of the molecule is CC(C)(C)C#CC1CC(N(C(=O)c2ccc(Cl)cc2Cl)C2CCC(=O)CC2)=C(C(=O)O)S1. The molecule has 0 saturated heterocycles. The lowest BCUT2D eigenvalue weighted by atomic mass is 9.91. The number of hydrogen-bond donors (Lipinski definition) is 1. The lowest BCUT2D eigenvalue weighted by Gasteiger charge is -2.35. The number of aliphatic carboxylic acids is 1. The van der Waals surface area contributed by atoms with E-state index < -0.39 is 5.97 Å². The van der Waals surface area contributed by atoms with Crippen molar-refractivity contribution in [1.29, 1.82) is 0 Å². The summed E-state index contributed by atoms with van der Waals surface area (Å²) in [5.74, 6) is 5.02. The number of thioether (sulfide) groups is 1. The normalized spacial score (nSPS) is 19.5. The van der Waals surface area contributed by atoms with E-state index in [0.717, 1.165) is 0 Å². The molecule has 5 nitrogen and oxygen atoms in total. The molecule has 1 atom stereocenters. The van der Waals surface area contributed by atoms with Crippen LogP contribution >= 0.6 is 35.0 Å². The van der Waals surface area contributed by atoms with Crippen LogP contribution in [-0.4, -0.2) is 39.0 Å². The Balaban J connectivity index is 2.03. The number of rotatable bonds is 4. The highest BCUT2D eigenvalue weighted by molar-refractivity contribution is 8.05. The maximum absolute atomic E-state index is 13.7. The third-order valence-electron chi connectivity index (χ3n) is 5.25. The number of benzene rings is 1. The fourth-order valence-corrected chi connectivity index (χ4v) is 5.31. The predicted molar refractivity (Wildman–Crippen MR) is 128 cm³/mol. The van der Waals surface area contributed by atoms with Crippen LogP contribution in [-0.2, 0) is 9.59 Å². The minimum atomic E-state index is -1.09. The van der Waals surface area contributed by atoms with Gasteiger partial charge >= 0.3 is 5.97 Å². The van der Waals surface area contributed by atoms with E-state index in [1.165, 1.54) is 17.8 Å². The summed E-state index contributed by atoms with van der Waals surface area (Å²) >= 11 is 13.5. The number of halogens is 2. The van der Waals surface area contributed by atoms with Gasteiger partial charge in [-0.25, -0.2) is 4.79 Å². The molecular formula is C24H25Cl2NO4S. The van der Waals surface area contributed by atoms with Gasteiger partial charge in [0.1, 0.15) is 10.7 Å². The number of nitrogens with zero attached hydrogens (tertiary/aromatic N) is 1. The molecule has 3 rings (SSSR count). The van der Waals surface area contributed by atoms with E-state index in [0.29, 0.717) is 42.8 Å². The Labute approximate surface area is 202 Å². The molecule has 0 aromatic heterocycles. The van der Waals surface area contributed by atoms with Crippen molar-refractivity contribution in [2.75, 3.05) is 0 Å². The van der Waals surface area contributed by atoms with Gasteiger partial charge in [0.2, 0.25) is 0 Å². The van der Waals surface area contributed by atoms with Crippen LogP contribution in [0.25, 0.3) is 0 Å². The summed E-state index contributed by atoms with van der Waals surface area (Å²) in [7, 11) is 0. The highest BCUT2D eigenvalue weighted by atomic mass is 35.5. The molecule has 1 heterocycles. The third-order valence-corrected chi connectivity index (χ3v) is 7.02. The zero-order valence-corrected chi connectivity index (χ0v) is 20.5. The van der Waals surface area contributed by atoms with Gasteiger partial charge in [-0.2, -0.15) is 0 Å². The van der Waals surface area contributed by atoms with Gasteiger partial charge in [-0.05, 0) is 51.8 Å². The number of carboxylic acid groups (broad SMARTS) is 1. The van der Waals surface area contributed by atoms with Crippen LogP contribution in [0.1, 0.15) is 63.2 Å². The van der Waals surface area contributed by atoms with Crippen LogP contribution in [0, 0.1) is 17.3 Å². The summed E-state index contributed by atoms with van der Waals surface area (Å²) in [5, 5.41) is 10.2. The number of carbonyl (C=O) groups excluding carboxylic acids is 2. The van der Waals surface area contributed by atoms with E-state index in [1.807, 2.05) is 20.8 Å². The first-order valence-corrected chi connectivity index (χ1v) is 12.1. The molecule has 1 aliphatic heterocycles. The molecule has 2 aliphatic rings. The van der Waals surface area contributed by atoms with Gasteiger partial charge in [-0.3, -0.25) is 9.59 Å². The van der Waals surface area contributed by atoms with Gasteiger partial charge < -0.3 is 10.0 Å². The van der Waals surface area contributed by atoms with Crippen LogP contribution < -0.4 is 0 Å². The van der Waals surface area contributed by atoms with Crippen LogP contribution in [0.3, 0.4) is 0 Å². The lowest BCUT2D eigenvalue weighted by Crippen LogP contribution is -2.42. The number of carboxylic acids is 1. The van der Waals surface area contributed by atoms with Crippen LogP contribution in [0.5, 0.6) is 0 Å². The van der Waals surface area contributed by atoms with Gasteiger partial charge in [-0.15, -0.1) is 0 Å². The minimum Gasteiger partial charge on any atom is -0.477 e. The Morgan fingerprint density at radius 1 is 1.19 bits per heavy atom. The van der Waals surface area contributed by atoms with Crippen molar-refractivity contribution in [3.05, 3.63) is 44.4 Å². The highest BCUT2D eigenvalue weighted by Crippen LogP contribution is 2.42. The number of amides is 1. The summed E-state index contributed by atoms with van der Waals surface area (Å²) in [4.78, 5) is 39.3. The smallest absolute Gasteiger partial charge is 0.344 e. The first-order valence-electron chi connectivity index (χ1n) is 10.4. The standard InChI is InChI=1S/C24H25Cl2NO4S/c1-24(2,3)11-10-17-13-20(21(32-17)23(30)31)27(15-5-7-16(28)8-6-15)22(29)18-9-4-14(25)12-19(18)26/h4,9,12,15,17H,5-8,13H2,1-3H3,(H,30,31). The van der Waals surface area contributed by atoms with E-state index in [9.17, 15) is 19.5 Å². The maximum atomic E-state index is 13.7. The first kappa shape index (κ1) is 24.7. The summed E-state index contributed by atoms with van der Waals surface area (Å²) in [6, 6.07) is 4.34. The summed E-state index contributed by atoms with van der Waals surface area (Å²) in [6.07, 6.45) is 2.01. The Bertz CT molecular complexity index is 1040. The Morgan fingerprint density at radius 3 is 2.41 bits per heavy atom. The molecule has 1 N–H and O–H groups in total. The molecule has 1 amide bonds. The van der Waals surface area contributed by atoms with Gasteiger partial charge in [-0.1, -0.05) is 46.8 Å². The van der Waals surface area contributed by atoms with Crippen LogP contribution in [0.4, 0.5) is 0 Å². The molecule has 170 valence electrons. The second-order valence-electron chi connectivity index (χ2n) is 8.98. The third kappa shape index (κ3) is 5.89. The Kier molecular flexibility index (Phi) is 7.65. The van der Waals surface area contributed by atoms with Crippen molar-refractivity contribution in [3.63, 3.8) is 0 Å².